The molecule has 4 nitrogen and oxygen atoms in total. The minimum absolute atomic E-state index is 0.0106. The molecule has 104 valence electrons. The van der Waals surface area contributed by atoms with Gasteiger partial charge in [0.15, 0.2) is 0 Å². The maximum absolute atomic E-state index is 11.6. The largest absolute Gasteiger partial charge is 0.481 e. The summed E-state index contributed by atoms with van der Waals surface area (Å²) < 4.78 is 5.38. The molecule has 0 radical (unpaired) electrons. The highest BCUT2D eigenvalue weighted by Gasteiger charge is 2.50. The molecule has 19 heavy (non-hydrogen) atoms. The molecule has 2 heterocycles. The van der Waals surface area contributed by atoms with Crippen molar-refractivity contribution < 1.29 is 14.3 Å². The van der Waals surface area contributed by atoms with Gasteiger partial charge in [-0.2, -0.15) is 0 Å². The molecule has 0 aromatic carbocycles. The number of nitrogens with zero attached hydrogens (tertiary/aromatic N) is 1. The summed E-state index contributed by atoms with van der Waals surface area (Å²) in [5, 5.41) is 9.52. The predicted octanol–water partition coefficient (Wildman–Crippen LogP) is 2.75. The van der Waals surface area contributed by atoms with Gasteiger partial charge in [0.1, 0.15) is 5.76 Å². The molecule has 1 aromatic heterocycles. The molecule has 1 saturated heterocycles. The van der Waals surface area contributed by atoms with E-state index in [0.717, 1.165) is 31.7 Å². The summed E-state index contributed by atoms with van der Waals surface area (Å²) in [5.41, 5.74) is 0.0106. The lowest BCUT2D eigenvalue weighted by Crippen LogP contribution is -2.36. The topological polar surface area (TPSA) is 53.7 Å². The van der Waals surface area contributed by atoms with E-state index in [0.29, 0.717) is 6.54 Å². The van der Waals surface area contributed by atoms with E-state index in [-0.39, 0.29) is 11.3 Å². The molecule has 1 atom stereocenters. The lowest BCUT2D eigenvalue weighted by Gasteiger charge is -2.36. The molecule has 2 fully saturated rings. The second-order valence-corrected chi connectivity index (χ2v) is 6.06. The van der Waals surface area contributed by atoms with Gasteiger partial charge in [0.2, 0.25) is 0 Å². The third-order valence-electron chi connectivity index (χ3n) is 4.83. The first kappa shape index (κ1) is 12.7. The van der Waals surface area contributed by atoms with E-state index in [4.69, 9.17) is 4.42 Å². The Bertz CT molecular complexity index is 434. The minimum Gasteiger partial charge on any atom is -0.481 e. The first-order valence-electron chi connectivity index (χ1n) is 7.17. The van der Waals surface area contributed by atoms with Crippen LogP contribution in [-0.4, -0.2) is 29.1 Å². The normalized spacial score (nSPS) is 26.8. The van der Waals surface area contributed by atoms with Gasteiger partial charge in [-0.15, -0.1) is 0 Å². The van der Waals surface area contributed by atoms with Crippen LogP contribution in [0.1, 0.15) is 37.9 Å². The molecule has 0 unspecified atom stereocenters. The SMILES string of the molecule is O=C(O)[C@H]1CN(Cc2ccco2)CC12CCCCC2. The average molecular weight is 263 g/mol. The van der Waals surface area contributed by atoms with E-state index in [2.05, 4.69) is 4.90 Å². The third-order valence-corrected chi connectivity index (χ3v) is 4.83. The summed E-state index contributed by atoms with van der Waals surface area (Å²) in [7, 11) is 0. The second kappa shape index (κ2) is 5.00. The number of carboxylic acids is 1. The van der Waals surface area contributed by atoms with Crippen molar-refractivity contribution in [3.8, 4) is 0 Å². The van der Waals surface area contributed by atoms with Gasteiger partial charge in [0.05, 0.1) is 18.7 Å². The van der Waals surface area contributed by atoms with E-state index >= 15 is 0 Å². The molecule has 1 aromatic rings. The molecule has 0 amide bonds. The van der Waals surface area contributed by atoms with Gasteiger partial charge in [-0.25, -0.2) is 0 Å². The number of hydrogen-bond acceptors (Lipinski definition) is 3. The van der Waals surface area contributed by atoms with Crippen LogP contribution < -0.4 is 0 Å². The van der Waals surface area contributed by atoms with Crippen LogP contribution in [0.4, 0.5) is 0 Å². The van der Waals surface area contributed by atoms with Crippen LogP contribution >= 0.6 is 0 Å². The monoisotopic (exact) mass is 263 g/mol. The van der Waals surface area contributed by atoms with E-state index in [1.807, 2.05) is 12.1 Å². The van der Waals surface area contributed by atoms with Crippen molar-refractivity contribution in [1.29, 1.82) is 0 Å². The van der Waals surface area contributed by atoms with Gasteiger partial charge in [0, 0.05) is 13.1 Å². The number of carbonyl (C=O) groups is 1. The standard InChI is InChI=1S/C15H21NO3/c17-14(18)13-10-16(9-12-5-4-8-19-12)11-15(13)6-2-1-3-7-15/h4-5,8,13H,1-3,6-7,9-11H2,(H,17,18)/t13-/m1/s1. The number of rotatable bonds is 3. The van der Waals surface area contributed by atoms with Gasteiger partial charge in [-0.05, 0) is 30.4 Å². The summed E-state index contributed by atoms with van der Waals surface area (Å²) in [6.07, 6.45) is 7.43. The highest BCUT2D eigenvalue weighted by atomic mass is 16.4. The van der Waals surface area contributed by atoms with Crippen LogP contribution in [0.5, 0.6) is 0 Å². The first-order chi connectivity index (χ1) is 9.20. The van der Waals surface area contributed by atoms with Gasteiger partial charge in [-0.3, -0.25) is 9.69 Å². The molecule has 1 spiro atoms. The summed E-state index contributed by atoms with van der Waals surface area (Å²) in [6, 6.07) is 3.85. The summed E-state index contributed by atoms with van der Waals surface area (Å²) >= 11 is 0. The maximum Gasteiger partial charge on any atom is 0.308 e. The van der Waals surface area contributed by atoms with Gasteiger partial charge >= 0.3 is 5.97 Å². The van der Waals surface area contributed by atoms with Crippen LogP contribution in [0, 0.1) is 11.3 Å². The quantitative estimate of drug-likeness (QED) is 0.911. The van der Waals surface area contributed by atoms with Crippen molar-refractivity contribution in [2.45, 2.75) is 38.6 Å². The van der Waals surface area contributed by atoms with Crippen LogP contribution in [0.3, 0.4) is 0 Å². The van der Waals surface area contributed by atoms with E-state index in [1.54, 1.807) is 6.26 Å². The number of aliphatic carboxylic acids is 1. The van der Waals surface area contributed by atoms with Crippen molar-refractivity contribution in [2.24, 2.45) is 11.3 Å². The Labute approximate surface area is 113 Å². The molecular weight excluding hydrogens is 242 g/mol. The third kappa shape index (κ3) is 2.41. The zero-order valence-corrected chi connectivity index (χ0v) is 11.2. The molecule has 1 saturated carbocycles. The van der Waals surface area contributed by atoms with Crippen LogP contribution in [-0.2, 0) is 11.3 Å². The number of carboxylic acid groups (broad SMARTS) is 1. The molecule has 3 rings (SSSR count). The van der Waals surface area contributed by atoms with Crippen LogP contribution in [0.15, 0.2) is 22.8 Å². The maximum atomic E-state index is 11.6. The zero-order chi connectivity index (χ0) is 13.3. The van der Waals surface area contributed by atoms with Crippen molar-refractivity contribution in [3.05, 3.63) is 24.2 Å². The lowest BCUT2D eigenvalue weighted by atomic mass is 9.68. The van der Waals surface area contributed by atoms with Gasteiger partial charge in [-0.1, -0.05) is 19.3 Å². The molecule has 1 aliphatic carbocycles. The molecule has 1 aliphatic heterocycles. The number of hydrogen-bond donors (Lipinski definition) is 1. The number of furan rings is 1. The van der Waals surface area contributed by atoms with Crippen molar-refractivity contribution in [3.63, 3.8) is 0 Å². The fourth-order valence-corrected chi connectivity index (χ4v) is 3.92. The average Bonchev–Trinajstić information content (AvgIpc) is 2.99. The molecular formula is C15H21NO3. The molecule has 1 N–H and O–H groups in total. The van der Waals surface area contributed by atoms with Crippen molar-refractivity contribution >= 4 is 5.97 Å². The number of likely N-dealkylation sites (tertiary alicyclic amines) is 1. The molecule has 0 bridgehead atoms. The Morgan fingerprint density at radius 1 is 1.42 bits per heavy atom. The Hall–Kier alpha value is -1.29. The summed E-state index contributed by atoms with van der Waals surface area (Å²) in [5.74, 6) is 0.101. The summed E-state index contributed by atoms with van der Waals surface area (Å²) in [4.78, 5) is 13.8. The van der Waals surface area contributed by atoms with E-state index < -0.39 is 5.97 Å². The molecule has 4 heteroatoms. The Morgan fingerprint density at radius 2 is 2.21 bits per heavy atom. The predicted molar refractivity (Wildman–Crippen MR) is 70.6 cm³/mol. The highest BCUT2D eigenvalue weighted by Crippen LogP contribution is 2.47. The zero-order valence-electron chi connectivity index (χ0n) is 11.2. The molecule has 2 aliphatic rings. The van der Waals surface area contributed by atoms with Crippen molar-refractivity contribution in [2.75, 3.05) is 13.1 Å². The Kier molecular flexibility index (Phi) is 3.35. The van der Waals surface area contributed by atoms with Crippen molar-refractivity contribution in [1.82, 2.24) is 4.90 Å². The Balaban J connectivity index is 1.74. The second-order valence-electron chi connectivity index (χ2n) is 6.06. The Morgan fingerprint density at radius 3 is 2.84 bits per heavy atom. The smallest absolute Gasteiger partial charge is 0.308 e. The van der Waals surface area contributed by atoms with E-state index in [1.165, 1.54) is 19.3 Å². The van der Waals surface area contributed by atoms with Gasteiger partial charge < -0.3 is 9.52 Å². The van der Waals surface area contributed by atoms with Crippen LogP contribution in [0.2, 0.25) is 0 Å². The van der Waals surface area contributed by atoms with E-state index in [9.17, 15) is 9.90 Å². The van der Waals surface area contributed by atoms with Gasteiger partial charge in [0.25, 0.3) is 0 Å². The fourth-order valence-electron chi connectivity index (χ4n) is 3.92. The fraction of sp³-hybridized carbons (Fsp3) is 0.667. The minimum atomic E-state index is -0.621. The summed E-state index contributed by atoms with van der Waals surface area (Å²) in [6.45, 7) is 2.30. The van der Waals surface area contributed by atoms with Crippen LogP contribution in [0.25, 0.3) is 0 Å². The first-order valence-corrected chi connectivity index (χ1v) is 7.17. The highest BCUT2D eigenvalue weighted by molar-refractivity contribution is 5.72. The lowest BCUT2D eigenvalue weighted by molar-refractivity contribution is -0.145.